The van der Waals surface area contributed by atoms with Gasteiger partial charge in [0.2, 0.25) is 0 Å². The van der Waals surface area contributed by atoms with Crippen LogP contribution in [-0.4, -0.2) is 0 Å². The molecule has 0 amide bonds. The fraction of sp³-hybridized carbons (Fsp3) is 0.286. The zero-order valence-corrected chi connectivity index (χ0v) is 12.8. The Hall–Kier alpha value is -0.750. The summed E-state index contributed by atoms with van der Waals surface area (Å²) in [6.07, 6.45) is 2.79. The zero-order chi connectivity index (χ0) is 13.7. The summed E-state index contributed by atoms with van der Waals surface area (Å²) < 4.78 is 14.7. The van der Waals surface area contributed by atoms with Gasteiger partial charge in [-0.3, -0.25) is 11.3 Å². The summed E-state index contributed by atoms with van der Waals surface area (Å²) in [5, 5.41) is 2.07. The summed E-state index contributed by atoms with van der Waals surface area (Å²) in [4.78, 5) is 1.35. The summed E-state index contributed by atoms with van der Waals surface area (Å²) in [5.41, 5.74) is 3.32. The summed E-state index contributed by atoms with van der Waals surface area (Å²) in [7, 11) is 0. The number of halogens is 2. The number of hydrazine groups is 1. The molecule has 2 nitrogen and oxygen atoms in total. The molecule has 0 saturated carbocycles. The molecule has 0 fully saturated rings. The van der Waals surface area contributed by atoms with Gasteiger partial charge in [-0.15, -0.1) is 11.3 Å². The van der Waals surface area contributed by atoms with Crippen LogP contribution >= 0.6 is 27.3 Å². The Kier molecular flexibility index (Phi) is 5.51. The molecule has 0 aliphatic heterocycles. The van der Waals surface area contributed by atoms with E-state index in [-0.39, 0.29) is 11.9 Å². The molecule has 1 aromatic heterocycles. The highest BCUT2D eigenvalue weighted by Gasteiger charge is 2.14. The molecule has 0 bridgehead atoms. The minimum absolute atomic E-state index is 0.155. The molecule has 5 heteroatoms. The number of nitrogens with one attached hydrogen (secondary N) is 1. The van der Waals surface area contributed by atoms with Crippen LogP contribution in [0.15, 0.2) is 40.2 Å². The van der Waals surface area contributed by atoms with Gasteiger partial charge in [-0.2, -0.15) is 0 Å². The third kappa shape index (κ3) is 4.11. The first-order valence-corrected chi connectivity index (χ1v) is 7.81. The second-order valence-corrected chi connectivity index (χ2v) is 6.30. The number of thiophene rings is 1. The van der Waals surface area contributed by atoms with E-state index in [1.165, 1.54) is 10.9 Å². The molecule has 0 aliphatic rings. The maximum atomic E-state index is 13.8. The summed E-state index contributed by atoms with van der Waals surface area (Å²) in [6.45, 7) is 0. The van der Waals surface area contributed by atoms with Crippen LogP contribution in [0.2, 0.25) is 0 Å². The number of hydrogen-bond acceptors (Lipinski definition) is 3. The first kappa shape index (κ1) is 14.7. The molecule has 1 heterocycles. The number of aryl methyl sites for hydroxylation is 1. The number of rotatable bonds is 6. The van der Waals surface area contributed by atoms with E-state index in [0.29, 0.717) is 5.56 Å². The second kappa shape index (κ2) is 7.14. The Morgan fingerprint density at radius 1 is 1.37 bits per heavy atom. The lowest BCUT2D eigenvalue weighted by atomic mass is 10.0. The zero-order valence-electron chi connectivity index (χ0n) is 10.4. The SMILES string of the molecule is NNC(CCCc1cccs1)c1cc(Br)ccc1F. The van der Waals surface area contributed by atoms with Crippen molar-refractivity contribution < 1.29 is 4.39 Å². The van der Waals surface area contributed by atoms with E-state index in [2.05, 4.69) is 32.8 Å². The lowest BCUT2D eigenvalue weighted by Gasteiger charge is -2.17. The van der Waals surface area contributed by atoms with Crippen LogP contribution in [0.5, 0.6) is 0 Å². The quantitative estimate of drug-likeness (QED) is 0.610. The monoisotopic (exact) mass is 342 g/mol. The molecule has 1 atom stereocenters. The average molecular weight is 343 g/mol. The summed E-state index contributed by atoms with van der Waals surface area (Å²) >= 11 is 5.11. The maximum absolute atomic E-state index is 13.8. The Bertz CT molecular complexity index is 516. The fourth-order valence-electron chi connectivity index (χ4n) is 2.05. The van der Waals surface area contributed by atoms with Crippen molar-refractivity contribution in [2.45, 2.75) is 25.3 Å². The smallest absolute Gasteiger partial charge is 0.128 e. The molecule has 3 N–H and O–H groups in total. The number of benzene rings is 1. The van der Waals surface area contributed by atoms with Crippen molar-refractivity contribution in [3.63, 3.8) is 0 Å². The molecule has 19 heavy (non-hydrogen) atoms. The lowest BCUT2D eigenvalue weighted by Crippen LogP contribution is -2.28. The summed E-state index contributed by atoms with van der Waals surface area (Å²) in [5.74, 6) is 5.33. The first-order valence-electron chi connectivity index (χ1n) is 6.14. The Morgan fingerprint density at radius 2 is 2.21 bits per heavy atom. The first-order chi connectivity index (χ1) is 9.20. The van der Waals surface area contributed by atoms with Crippen LogP contribution < -0.4 is 11.3 Å². The van der Waals surface area contributed by atoms with E-state index >= 15 is 0 Å². The third-order valence-corrected chi connectivity index (χ3v) is 4.46. The van der Waals surface area contributed by atoms with E-state index in [9.17, 15) is 4.39 Å². The van der Waals surface area contributed by atoms with E-state index in [0.717, 1.165) is 23.7 Å². The predicted molar refractivity (Wildman–Crippen MR) is 81.4 cm³/mol. The highest BCUT2D eigenvalue weighted by Crippen LogP contribution is 2.25. The topological polar surface area (TPSA) is 38.0 Å². The average Bonchev–Trinajstić information content (AvgIpc) is 2.91. The molecule has 1 unspecified atom stereocenters. The third-order valence-electron chi connectivity index (χ3n) is 3.03. The van der Waals surface area contributed by atoms with Crippen LogP contribution in [0.4, 0.5) is 4.39 Å². The van der Waals surface area contributed by atoms with Gasteiger partial charge in [0.25, 0.3) is 0 Å². The highest BCUT2D eigenvalue weighted by atomic mass is 79.9. The molecule has 0 radical (unpaired) electrons. The Labute approximate surface area is 124 Å². The van der Waals surface area contributed by atoms with Crippen molar-refractivity contribution in [3.05, 3.63) is 56.4 Å². The highest BCUT2D eigenvalue weighted by molar-refractivity contribution is 9.10. The largest absolute Gasteiger partial charge is 0.271 e. The molecule has 1 aromatic carbocycles. The number of hydrogen-bond donors (Lipinski definition) is 2. The molecular formula is C14H16BrFN2S. The molecular weight excluding hydrogens is 327 g/mol. The molecule has 102 valence electrons. The lowest BCUT2D eigenvalue weighted by molar-refractivity contribution is 0.473. The van der Waals surface area contributed by atoms with Gasteiger partial charge in [0.1, 0.15) is 5.82 Å². The van der Waals surface area contributed by atoms with Gasteiger partial charge in [0.15, 0.2) is 0 Å². The van der Waals surface area contributed by atoms with Crippen LogP contribution in [0.1, 0.15) is 29.3 Å². The maximum Gasteiger partial charge on any atom is 0.128 e. The summed E-state index contributed by atoms with van der Waals surface area (Å²) in [6, 6.07) is 8.95. The molecule has 2 aromatic rings. The van der Waals surface area contributed by atoms with Gasteiger partial charge < -0.3 is 0 Å². The van der Waals surface area contributed by atoms with Crippen molar-refractivity contribution in [1.82, 2.24) is 5.43 Å². The van der Waals surface area contributed by atoms with Gasteiger partial charge in [-0.05, 0) is 48.9 Å². The standard InChI is InChI=1S/C14H16BrFN2S/c15-10-6-7-13(16)12(9-10)14(18-17)5-1-3-11-4-2-8-19-11/h2,4,6-9,14,18H,1,3,5,17H2. The van der Waals surface area contributed by atoms with Gasteiger partial charge >= 0.3 is 0 Å². The van der Waals surface area contributed by atoms with Crippen LogP contribution in [0, 0.1) is 5.82 Å². The van der Waals surface area contributed by atoms with Crippen LogP contribution in [0.3, 0.4) is 0 Å². The van der Waals surface area contributed by atoms with Crippen molar-refractivity contribution in [2.24, 2.45) is 5.84 Å². The predicted octanol–water partition coefficient (Wildman–Crippen LogP) is 4.18. The second-order valence-electron chi connectivity index (χ2n) is 4.36. The van der Waals surface area contributed by atoms with Crippen LogP contribution in [0.25, 0.3) is 0 Å². The Balaban J connectivity index is 1.97. The number of nitrogens with two attached hydrogens (primary N) is 1. The van der Waals surface area contributed by atoms with Crippen molar-refractivity contribution in [2.75, 3.05) is 0 Å². The van der Waals surface area contributed by atoms with Crippen molar-refractivity contribution >= 4 is 27.3 Å². The van der Waals surface area contributed by atoms with Gasteiger partial charge in [-0.25, -0.2) is 4.39 Å². The minimum atomic E-state index is -0.220. The molecule has 2 rings (SSSR count). The van der Waals surface area contributed by atoms with E-state index in [4.69, 9.17) is 5.84 Å². The Morgan fingerprint density at radius 3 is 2.89 bits per heavy atom. The van der Waals surface area contributed by atoms with Crippen molar-refractivity contribution in [1.29, 1.82) is 0 Å². The van der Waals surface area contributed by atoms with E-state index in [1.807, 2.05) is 6.07 Å². The van der Waals surface area contributed by atoms with E-state index < -0.39 is 0 Å². The molecule has 0 aliphatic carbocycles. The fourth-order valence-corrected chi connectivity index (χ4v) is 3.18. The van der Waals surface area contributed by atoms with Gasteiger partial charge in [0.05, 0.1) is 0 Å². The molecule has 0 spiro atoms. The van der Waals surface area contributed by atoms with E-state index in [1.54, 1.807) is 23.5 Å². The van der Waals surface area contributed by atoms with Gasteiger partial charge in [-0.1, -0.05) is 22.0 Å². The van der Waals surface area contributed by atoms with Crippen molar-refractivity contribution in [3.8, 4) is 0 Å². The van der Waals surface area contributed by atoms with Gasteiger partial charge in [0, 0.05) is 21.0 Å². The minimum Gasteiger partial charge on any atom is -0.271 e. The van der Waals surface area contributed by atoms with Crippen LogP contribution in [-0.2, 0) is 6.42 Å². The molecule has 0 saturated heterocycles. The normalized spacial score (nSPS) is 12.6.